The van der Waals surface area contributed by atoms with Crippen molar-refractivity contribution in [2.24, 2.45) is 0 Å². The van der Waals surface area contributed by atoms with Gasteiger partial charge in [-0.05, 0) is 44.4 Å². The summed E-state index contributed by atoms with van der Waals surface area (Å²) in [6.45, 7) is 4.18. The Balaban J connectivity index is 1.75. The van der Waals surface area contributed by atoms with Gasteiger partial charge >= 0.3 is 0 Å². The minimum absolute atomic E-state index is 0.689. The van der Waals surface area contributed by atoms with Gasteiger partial charge in [0, 0.05) is 35.3 Å². The highest BCUT2D eigenvalue weighted by Crippen LogP contribution is 2.39. The van der Waals surface area contributed by atoms with Crippen LogP contribution in [0.5, 0.6) is 5.75 Å². The van der Waals surface area contributed by atoms with Gasteiger partial charge in [0.15, 0.2) is 0 Å². The van der Waals surface area contributed by atoms with Gasteiger partial charge < -0.3 is 10.1 Å². The summed E-state index contributed by atoms with van der Waals surface area (Å²) < 4.78 is 5.49. The van der Waals surface area contributed by atoms with Gasteiger partial charge in [0.05, 0.1) is 7.11 Å². The molecule has 116 valence electrons. The molecule has 2 atom stereocenters. The third-order valence-electron chi connectivity index (χ3n) is 5.01. The maximum Gasteiger partial charge on any atom is 0.124 e. The Hall–Kier alpha value is -0.770. The molecule has 0 spiro atoms. The second-order valence-corrected chi connectivity index (χ2v) is 6.61. The molecule has 2 unspecified atom stereocenters. The van der Waals surface area contributed by atoms with Crippen molar-refractivity contribution in [2.75, 3.05) is 13.7 Å². The predicted octanol–water partition coefficient (Wildman–Crippen LogP) is 3.45. The molecule has 1 N–H and O–H groups in total. The van der Waals surface area contributed by atoms with E-state index in [1.165, 1.54) is 25.7 Å². The molecule has 2 aliphatic heterocycles. The highest BCUT2D eigenvalue weighted by atomic mass is 35.5. The first kappa shape index (κ1) is 15.1. The minimum Gasteiger partial charge on any atom is -0.496 e. The lowest BCUT2D eigenvalue weighted by Gasteiger charge is -2.39. The van der Waals surface area contributed by atoms with Gasteiger partial charge in [0.2, 0.25) is 0 Å². The molecule has 2 saturated heterocycles. The van der Waals surface area contributed by atoms with E-state index in [-0.39, 0.29) is 0 Å². The number of nitrogens with zero attached hydrogens (tertiary/aromatic N) is 1. The summed E-state index contributed by atoms with van der Waals surface area (Å²) in [5.74, 6) is 0.913. The summed E-state index contributed by atoms with van der Waals surface area (Å²) in [7, 11) is 1.72. The van der Waals surface area contributed by atoms with Gasteiger partial charge in [-0.1, -0.05) is 24.6 Å². The van der Waals surface area contributed by atoms with Crippen LogP contribution < -0.4 is 10.1 Å². The van der Waals surface area contributed by atoms with Crippen molar-refractivity contribution in [1.29, 1.82) is 0 Å². The van der Waals surface area contributed by atoms with Gasteiger partial charge in [-0.15, -0.1) is 0 Å². The molecule has 0 aliphatic carbocycles. The van der Waals surface area contributed by atoms with Crippen LogP contribution in [-0.4, -0.2) is 36.7 Å². The summed E-state index contributed by atoms with van der Waals surface area (Å²) in [5.41, 5.74) is 1.14. The highest BCUT2D eigenvalue weighted by molar-refractivity contribution is 6.31. The molecule has 2 bridgehead atoms. The van der Waals surface area contributed by atoms with E-state index in [0.717, 1.165) is 29.4 Å². The summed E-state index contributed by atoms with van der Waals surface area (Å²) in [6, 6.07) is 8.00. The van der Waals surface area contributed by atoms with E-state index in [1.54, 1.807) is 7.11 Å². The van der Waals surface area contributed by atoms with Crippen LogP contribution in [0.2, 0.25) is 5.02 Å². The Labute approximate surface area is 132 Å². The minimum atomic E-state index is 0.689. The Morgan fingerprint density at radius 3 is 2.62 bits per heavy atom. The summed E-state index contributed by atoms with van der Waals surface area (Å²) in [4.78, 5) is 2.65. The van der Waals surface area contributed by atoms with Crippen LogP contribution in [0.4, 0.5) is 0 Å². The van der Waals surface area contributed by atoms with Crippen LogP contribution in [0.25, 0.3) is 0 Å². The van der Waals surface area contributed by atoms with Crippen molar-refractivity contribution in [1.82, 2.24) is 10.2 Å². The average Bonchev–Trinajstić information content (AvgIpc) is 2.71. The van der Waals surface area contributed by atoms with E-state index in [1.807, 2.05) is 18.2 Å². The summed E-state index contributed by atoms with van der Waals surface area (Å²) in [5, 5.41) is 4.45. The van der Waals surface area contributed by atoms with E-state index >= 15 is 0 Å². The van der Waals surface area contributed by atoms with E-state index in [0.29, 0.717) is 18.1 Å². The number of methoxy groups -OCH3 is 1. The Morgan fingerprint density at radius 1 is 1.29 bits per heavy atom. The second-order valence-electron chi connectivity index (χ2n) is 6.20. The number of benzene rings is 1. The first-order chi connectivity index (χ1) is 10.2. The van der Waals surface area contributed by atoms with Crippen LogP contribution in [0.3, 0.4) is 0 Å². The van der Waals surface area contributed by atoms with Gasteiger partial charge in [-0.25, -0.2) is 0 Å². The second kappa shape index (κ2) is 6.55. The number of piperidine rings is 1. The predicted molar refractivity (Wildman–Crippen MR) is 87.1 cm³/mol. The molecule has 3 nitrogen and oxygen atoms in total. The molecule has 2 aliphatic rings. The van der Waals surface area contributed by atoms with Crippen LogP contribution in [-0.2, 0) is 6.54 Å². The summed E-state index contributed by atoms with van der Waals surface area (Å²) in [6.07, 6.45) is 5.16. The van der Waals surface area contributed by atoms with Gasteiger partial charge in [0.1, 0.15) is 5.75 Å². The maximum atomic E-state index is 6.40. The zero-order chi connectivity index (χ0) is 14.8. The molecule has 0 amide bonds. The number of rotatable bonds is 5. The number of hydrogen-bond donors (Lipinski definition) is 1. The molecule has 4 heteroatoms. The SMILES string of the molecule is CCNC1CC2CCC(C1)N2Cc1c(Cl)cccc1OC. The fraction of sp³-hybridized carbons (Fsp3) is 0.647. The normalized spacial score (nSPS) is 28.8. The molecule has 0 saturated carbocycles. The van der Waals surface area contributed by atoms with E-state index in [2.05, 4.69) is 17.1 Å². The zero-order valence-corrected chi connectivity index (χ0v) is 13.7. The third-order valence-corrected chi connectivity index (χ3v) is 5.37. The molecular formula is C17H25ClN2O. The molecule has 1 aromatic carbocycles. The molecule has 1 aromatic rings. The van der Waals surface area contributed by atoms with Crippen molar-refractivity contribution in [2.45, 2.75) is 57.3 Å². The van der Waals surface area contributed by atoms with E-state index in [4.69, 9.17) is 16.3 Å². The Bertz CT molecular complexity index is 480. The Morgan fingerprint density at radius 2 is 2.00 bits per heavy atom. The topological polar surface area (TPSA) is 24.5 Å². The number of hydrogen-bond acceptors (Lipinski definition) is 3. The smallest absolute Gasteiger partial charge is 0.124 e. The molecule has 3 rings (SSSR count). The number of fused-ring (bicyclic) bond motifs is 2. The van der Waals surface area contributed by atoms with Crippen molar-refractivity contribution in [3.05, 3.63) is 28.8 Å². The largest absolute Gasteiger partial charge is 0.496 e. The number of nitrogens with one attached hydrogen (secondary N) is 1. The maximum absolute atomic E-state index is 6.40. The lowest BCUT2D eigenvalue weighted by atomic mass is 9.96. The standard InChI is InChI=1S/C17H25ClN2O/c1-3-19-12-9-13-7-8-14(10-12)20(13)11-15-16(18)5-4-6-17(15)21-2/h4-6,12-14,19H,3,7-11H2,1-2H3. The highest BCUT2D eigenvalue weighted by Gasteiger charge is 2.40. The Kier molecular flexibility index (Phi) is 4.72. The van der Waals surface area contributed by atoms with Gasteiger partial charge in [0.25, 0.3) is 0 Å². The van der Waals surface area contributed by atoms with E-state index < -0.39 is 0 Å². The van der Waals surface area contributed by atoms with Crippen LogP contribution in [0.15, 0.2) is 18.2 Å². The lowest BCUT2D eigenvalue weighted by Crippen LogP contribution is -2.48. The molecule has 2 fully saturated rings. The lowest BCUT2D eigenvalue weighted by molar-refractivity contribution is 0.109. The first-order valence-corrected chi connectivity index (χ1v) is 8.41. The van der Waals surface area contributed by atoms with Crippen molar-refractivity contribution in [3.8, 4) is 5.75 Å². The van der Waals surface area contributed by atoms with Crippen LogP contribution in [0.1, 0.15) is 38.2 Å². The summed E-state index contributed by atoms with van der Waals surface area (Å²) >= 11 is 6.40. The monoisotopic (exact) mass is 308 g/mol. The third kappa shape index (κ3) is 3.05. The van der Waals surface area contributed by atoms with Crippen molar-refractivity contribution in [3.63, 3.8) is 0 Å². The fourth-order valence-electron chi connectivity index (χ4n) is 4.05. The fourth-order valence-corrected chi connectivity index (χ4v) is 4.28. The number of halogens is 1. The van der Waals surface area contributed by atoms with Crippen molar-refractivity contribution < 1.29 is 4.74 Å². The van der Waals surface area contributed by atoms with Crippen LogP contribution >= 0.6 is 11.6 Å². The van der Waals surface area contributed by atoms with E-state index in [9.17, 15) is 0 Å². The molecule has 21 heavy (non-hydrogen) atoms. The first-order valence-electron chi connectivity index (χ1n) is 8.03. The molecule has 0 aromatic heterocycles. The quantitative estimate of drug-likeness (QED) is 0.901. The van der Waals surface area contributed by atoms with Crippen molar-refractivity contribution >= 4 is 11.6 Å². The molecule has 0 radical (unpaired) electrons. The van der Waals surface area contributed by atoms with Crippen LogP contribution in [0, 0.1) is 0 Å². The molecular weight excluding hydrogens is 284 g/mol. The average molecular weight is 309 g/mol. The van der Waals surface area contributed by atoms with Gasteiger partial charge in [-0.3, -0.25) is 4.90 Å². The van der Waals surface area contributed by atoms with Gasteiger partial charge in [-0.2, -0.15) is 0 Å². The number of ether oxygens (including phenoxy) is 1. The molecule has 2 heterocycles. The zero-order valence-electron chi connectivity index (χ0n) is 12.9.